The third-order valence-corrected chi connectivity index (χ3v) is 7.80. The van der Waals surface area contributed by atoms with Crippen LogP contribution in [0.1, 0.15) is 24.4 Å². The molecule has 0 saturated heterocycles. The highest BCUT2D eigenvalue weighted by Crippen LogP contribution is 2.39. The lowest BCUT2D eigenvalue weighted by Gasteiger charge is -2.22. The Hall–Kier alpha value is -5.33. The molecule has 9 heteroatoms. The van der Waals surface area contributed by atoms with Crippen LogP contribution in [0.3, 0.4) is 0 Å². The monoisotopic (exact) mass is 561 g/mol. The Morgan fingerprint density at radius 1 is 1.00 bits per heavy atom. The van der Waals surface area contributed by atoms with Gasteiger partial charge in [0.1, 0.15) is 33.5 Å². The lowest BCUT2D eigenvalue weighted by molar-refractivity contribution is -0.136. The van der Waals surface area contributed by atoms with E-state index >= 15 is 0 Å². The van der Waals surface area contributed by atoms with Crippen LogP contribution in [-0.2, 0) is 9.53 Å². The van der Waals surface area contributed by atoms with E-state index in [9.17, 15) is 14.9 Å². The molecule has 41 heavy (non-hydrogen) atoms. The van der Waals surface area contributed by atoms with Crippen molar-refractivity contribution in [3.8, 4) is 28.7 Å². The number of nitrogens with zero attached hydrogens (tertiary/aromatic N) is 2. The smallest absolute Gasteiger partial charge is 0.338 e. The first-order chi connectivity index (χ1) is 20.0. The van der Waals surface area contributed by atoms with Gasteiger partial charge in [0.25, 0.3) is 5.56 Å². The number of carbonyl (C=O) groups excluding carboxylic acids is 1. The molecule has 0 bridgehead atoms. The maximum absolute atomic E-state index is 13.6. The van der Waals surface area contributed by atoms with Gasteiger partial charge in [0, 0.05) is 17.2 Å². The van der Waals surface area contributed by atoms with E-state index in [4.69, 9.17) is 19.3 Å². The third kappa shape index (κ3) is 4.60. The van der Waals surface area contributed by atoms with Gasteiger partial charge in [-0.15, -0.1) is 11.3 Å². The Bertz CT molecular complexity index is 2020. The Morgan fingerprint density at radius 3 is 2.27 bits per heavy atom. The lowest BCUT2D eigenvalue weighted by atomic mass is 9.88. The number of rotatable bonds is 6. The van der Waals surface area contributed by atoms with Crippen molar-refractivity contribution >= 4 is 34.8 Å². The molecule has 1 aliphatic rings. The van der Waals surface area contributed by atoms with Gasteiger partial charge < -0.3 is 19.3 Å². The van der Waals surface area contributed by atoms with Crippen LogP contribution in [0, 0.1) is 11.3 Å². The van der Waals surface area contributed by atoms with E-state index < -0.39 is 17.4 Å². The number of aromatic nitrogens is 1. The average molecular weight is 562 g/mol. The zero-order valence-electron chi connectivity index (χ0n) is 21.9. The van der Waals surface area contributed by atoms with E-state index in [1.165, 1.54) is 4.57 Å². The molecule has 0 amide bonds. The van der Waals surface area contributed by atoms with Gasteiger partial charge in [-0.2, -0.15) is 5.26 Å². The quantitative estimate of drug-likeness (QED) is 0.304. The Morgan fingerprint density at radius 2 is 1.63 bits per heavy atom. The van der Waals surface area contributed by atoms with Crippen molar-refractivity contribution in [1.29, 1.82) is 5.26 Å². The minimum atomic E-state index is -0.962. The van der Waals surface area contributed by atoms with Crippen molar-refractivity contribution in [1.82, 2.24) is 4.57 Å². The molecule has 2 aromatic carbocycles. The summed E-state index contributed by atoms with van der Waals surface area (Å²) in [7, 11) is 0. The van der Waals surface area contributed by atoms with E-state index in [1.54, 1.807) is 31.2 Å². The topological polar surface area (TPSA) is 124 Å². The molecule has 8 nitrogen and oxygen atoms in total. The third-order valence-electron chi connectivity index (χ3n) is 6.69. The second kappa shape index (κ2) is 10.7. The molecule has 1 atom stereocenters. The number of hydrogen-bond donors (Lipinski definition) is 1. The number of nitrogens with two attached hydrogens (primary N) is 1. The molecule has 1 unspecified atom stereocenters. The number of carbonyl (C=O) groups is 1. The van der Waals surface area contributed by atoms with Crippen molar-refractivity contribution in [2.45, 2.75) is 12.8 Å². The molecule has 0 fully saturated rings. The Labute approximate surface area is 238 Å². The van der Waals surface area contributed by atoms with Crippen LogP contribution >= 0.6 is 11.3 Å². The van der Waals surface area contributed by atoms with Crippen molar-refractivity contribution in [2.75, 3.05) is 6.61 Å². The van der Waals surface area contributed by atoms with Crippen molar-refractivity contribution in [2.24, 2.45) is 5.73 Å². The standard InChI is InChI=1S/C32H23N3O5S/c1-2-38-32(37)28-27(25-16-15-24(40-25)20-11-7-4-8-12-20)22(18-33)29(34)35-30(36)26(41-31(28)35)17-21-13-14-23(39-21)19-9-5-3-6-10-19/h3-17,27H,2,34H2,1H3. The first kappa shape index (κ1) is 25.9. The van der Waals surface area contributed by atoms with Gasteiger partial charge in [-0.3, -0.25) is 9.36 Å². The molecule has 0 radical (unpaired) electrons. The molecule has 202 valence electrons. The molecule has 0 saturated carbocycles. The summed E-state index contributed by atoms with van der Waals surface area (Å²) in [4.78, 5) is 27.0. The normalized spacial score (nSPS) is 15.1. The van der Waals surface area contributed by atoms with Crippen LogP contribution < -0.4 is 20.5 Å². The highest BCUT2D eigenvalue weighted by Gasteiger charge is 2.38. The number of benzene rings is 2. The number of furan rings is 2. The molecule has 2 N–H and O–H groups in total. The summed E-state index contributed by atoms with van der Waals surface area (Å²) >= 11 is 1.07. The fourth-order valence-electron chi connectivity index (χ4n) is 4.82. The van der Waals surface area contributed by atoms with E-state index in [-0.39, 0.29) is 32.8 Å². The first-order valence-corrected chi connectivity index (χ1v) is 13.7. The van der Waals surface area contributed by atoms with Crippen molar-refractivity contribution in [3.63, 3.8) is 0 Å². The summed E-state index contributed by atoms with van der Waals surface area (Å²) in [6.07, 6.45) is 1.60. The summed E-state index contributed by atoms with van der Waals surface area (Å²) in [5, 5.41) is 10.2. The summed E-state index contributed by atoms with van der Waals surface area (Å²) in [6.45, 7) is 1.79. The predicted octanol–water partition coefficient (Wildman–Crippen LogP) is 4.42. The minimum Gasteiger partial charge on any atom is -0.463 e. The molecule has 1 aliphatic heterocycles. The highest BCUT2D eigenvalue weighted by molar-refractivity contribution is 7.07. The number of nitriles is 1. The van der Waals surface area contributed by atoms with Gasteiger partial charge in [-0.05, 0) is 31.2 Å². The summed E-state index contributed by atoms with van der Waals surface area (Å²) < 4.78 is 19.3. The van der Waals surface area contributed by atoms with Gasteiger partial charge in [-0.25, -0.2) is 4.79 Å². The number of esters is 1. The van der Waals surface area contributed by atoms with Gasteiger partial charge in [0.05, 0.1) is 34.3 Å². The molecule has 5 aromatic rings. The van der Waals surface area contributed by atoms with Crippen molar-refractivity contribution in [3.05, 3.63) is 122 Å². The van der Waals surface area contributed by atoms with E-state index in [0.717, 1.165) is 22.5 Å². The predicted molar refractivity (Wildman–Crippen MR) is 155 cm³/mol. The molecular formula is C32H23N3O5S. The van der Waals surface area contributed by atoms with E-state index in [1.807, 2.05) is 66.7 Å². The van der Waals surface area contributed by atoms with Crippen LogP contribution in [-0.4, -0.2) is 17.1 Å². The van der Waals surface area contributed by atoms with Gasteiger partial charge in [0.15, 0.2) is 0 Å². The average Bonchev–Trinajstić information content (AvgIpc) is 3.74. The van der Waals surface area contributed by atoms with Gasteiger partial charge in [0.2, 0.25) is 0 Å². The second-order valence-corrected chi connectivity index (χ2v) is 10.2. The Balaban J connectivity index is 1.55. The second-order valence-electron chi connectivity index (χ2n) is 9.17. The SMILES string of the molecule is CCOC(=O)C1=c2sc(=Cc3ccc(-c4ccccc4)o3)c(=O)n2C(N)=C(C#N)C1c1ccc(-c2ccccc2)o1. The molecule has 0 spiro atoms. The maximum Gasteiger partial charge on any atom is 0.338 e. The zero-order chi connectivity index (χ0) is 28.5. The maximum atomic E-state index is 13.6. The fraction of sp³-hybridized carbons (Fsp3) is 0.0938. The summed E-state index contributed by atoms with van der Waals surface area (Å²) in [5.41, 5.74) is 7.84. The molecule has 0 aliphatic carbocycles. The van der Waals surface area contributed by atoms with Crippen LogP contribution in [0.4, 0.5) is 0 Å². The Kier molecular flexibility index (Phi) is 6.75. The van der Waals surface area contributed by atoms with Crippen LogP contribution in [0.15, 0.2) is 104 Å². The fourth-order valence-corrected chi connectivity index (χ4v) is 5.97. The largest absolute Gasteiger partial charge is 0.463 e. The number of thiazole rings is 1. The van der Waals surface area contributed by atoms with Crippen molar-refractivity contribution < 1.29 is 18.4 Å². The van der Waals surface area contributed by atoms with Crippen LogP contribution in [0.2, 0.25) is 0 Å². The van der Waals surface area contributed by atoms with E-state index in [0.29, 0.717) is 23.0 Å². The summed E-state index contributed by atoms with van der Waals surface area (Å²) in [6, 6.07) is 28.2. The number of fused-ring (bicyclic) bond motifs is 1. The molecule has 6 rings (SSSR count). The minimum absolute atomic E-state index is 0.0188. The van der Waals surface area contributed by atoms with E-state index in [2.05, 4.69) is 6.07 Å². The number of allylic oxidation sites excluding steroid dienone is 1. The molecule has 3 aromatic heterocycles. The van der Waals surface area contributed by atoms with Crippen LogP contribution in [0.5, 0.6) is 0 Å². The van der Waals surface area contributed by atoms with Gasteiger partial charge in [-0.1, -0.05) is 60.7 Å². The number of hydrogen-bond acceptors (Lipinski definition) is 8. The van der Waals surface area contributed by atoms with Gasteiger partial charge >= 0.3 is 5.97 Å². The first-order valence-electron chi connectivity index (χ1n) is 12.9. The van der Waals surface area contributed by atoms with Crippen LogP contribution in [0.25, 0.3) is 40.1 Å². The number of ether oxygens (including phenoxy) is 1. The lowest BCUT2D eigenvalue weighted by Crippen LogP contribution is -2.40. The molecule has 4 heterocycles. The zero-order valence-corrected chi connectivity index (χ0v) is 22.7. The summed E-state index contributed by atoms with van der Waals surface area (Å²) in [5.74, 6) is 0.310. The molecular weight excluding hydrogens is 538 g/mol. The highest BCUT2D eigenvalue weighted by atomic mass is 32.1.